The minimum absolute atomic E-state index is 0.556. The summed E-state index contributed by atoms with van der Waals surface area (Å²) in [7, 11) is 0. The standard InChI is InChI=1S/2C7H9.CH2.Zr/c1-6-3-4-7(2)5-6;1-6-4-3-5-7(6)2;;/h3-4,6H,1-2H3;4H,3H2,1-2H3;1H2;/q2*-1;;+2. The van der Waals surface area contributed by atoms with Gasteiger partial charge in [0.2, 0.25) is 0 Å². The molecule has 0 nitrogen and oxygen atoms in total. The molecule has 0 heterocycles. The summed E-state index contributed by atoms with van der Waals surface area (Å²) in [6.07, 6.45) is 13.9. The molecule has 0 spiro atoms. The van der Waals surface area contributed by atoms with Crippen molar-refractivity contribution in [2.24, 2.45) is 5.92 Å². The summed E-state index contributed by atoms with van der Waals surface area (Å²) in [6.45, 7) is 8.42. The predicted octanol–water partition coefficient (Wildman–Crippen LogP) is 3.99. The molecule has 0 saturated carbocycles. The van der Waals surface area contributed by atoms with Crippen LogP contribution in [0.3, 0.4) is 0 Å². The van der Waals surface area contributed by atoms with Crippen LogP contribution in [0.5, 0.6) is 0 Å². The first kappa shape index (κ1) is 15.7. The summed E-state index contributed by atoms with van der Waals surface area (Å²) in [5, 5.41) is 0. The second kappa shape index (κ2) is 8.82. The molecule has 84 valence electrons. The van der Waals surface area contributed by atoms with E-state index in [2.05, 4.69) is 62.3 Å². The van der Waals surface area contributed by atoms with Crippen LogP contribution in [0.4, 0.5) is 0 Å². The second-order valence-electron chi connectivity index (χ2n) is 3.87. The summed E-state index contributed by atoms with van der Waals surface area (Å²) >= 11 is 1.30. The first-order valence-corrected chi connectivity index (χ1v) is 7.21. The molecule has 0 bridgehead atoms. The van der Waals surface area contributed by atoms with Crippen LogP contribution in [0.1, 0.15) is 34.1 Å². The Morgan fingerprint density at radius 2 is 1.94 bits per heavy atom. The van der Waals surface area contributed by atoms with E-state index in [0.717, 1.165) is 6.42 Å². The van der Waals surface area contributed by atoms with Crippen molar-refractivity contribution in [1.29, 1.82) is 0 Å². The number of hydrogen-bond acceptors (Lipinski definition) is 0. The zero-order valence-corrected chi connectivity index (χ0v) is 13.2. The molecule has 0 aromatic carbocycles. The summed E-state index contributed by atoms with van der Waals surface area (Å²) in [5.74, 6) is 0.556. The topological polar surface area (TPSA) is 0 Å². The molecular formula is C15H20Zr. The van der Waals surface area contributed by atoms with Crippen LogP contribution in [0.2, 0.25) is 0 Å². The fourth-order valence-corrected chi connectivity index (χ4v) is 1.39. The van der Waals surface area contributed by atoms with Gasteiger partial charge in [-0.05, 0) is 0 Å². The SMILES string of the molecule is CC1=[C-]C(C)C=C1.CC1=[C-]CC=C1C.[CH2]=[Zr+2]. The molecule has 0 radical (unpaired) electrons. The molecule has 0 aliphatic heterocycles. The Labute approximate surface area is 115 Å². The molecule has 1 atom stereocenters. The zero-order valence-electron chi connectivity index (χ0n) is 10.7. The molecule has 2 rings (SSSR count). The minimum atomic E-state index is 0.556. The molecule has 1 heteroatoms. The molecule has 2 aliphatic rings. The van der Waals surface area contributed by atoms with Gasteiger partial charge in [-0.1, -0.05) is 26.7 Å². The quantitative estimate of drug-likeness (QED) is 0.592. The van der Waals surface area contributed by atoms with Gasteiger partial charge in [0, 0.05) is 0 Å². The van der Waals surface area contributed by atoms with Crippen molar-refractivity contribution in [3.63, 3.8) is 0 Å². The maximum absolute atomic E-state index is 3.34. The van der Waals surface area contributed by atoms with Gasteiger partial charge in [-0.2, -0.15) is 12.2 Å². The van der Waals surface area contributed by atoms with E-state index in [9.17, 15) is 0 Å². The average molecular weight is 292 g/mol. The van der Waals surface area contributed by atoms with Gasteiger partial charge < -0.3 is 0 Å². The molecule has 0 amide bonds. The molecule has 0 fully saturated rings. The third-order valence-corrected chi connectivity index (χ3v) is 2.46. The van der Waals surface area contributed by atoms with Crippen molar-refractivity contribution < 1.29 is 24.2 Å². The van der Waals surface area contributed by atoms with Crippen molar-refractivity contribution in [3.8, 4) is 0 Å². The van der Waals surface area contributed by atoms with Crippen LogP contribution in [0, 0.1) is 18.1 Å². The van der Waals surface area contributed by atoms with Crippen LogP contribution < -0.4 is 0 Å². The normalized spacial score (nSPS) is 21.1. The van der Waals surface area contributed by atoms with Crippen LogP contribution in [0.15, 0.2) is 34.9 Å². The maximum atomic E-state index is 3.34. The predicted molar refractivity (Wildman–Crippen MR) is 68.7 cm³/mol. The Morgan fingerprint density at radius 1 is 1.31 bits per heavy atom. The monoisotopic (exact) mass is 290 g/mol. The van der Waals surface area contributed by atoms with Gasteiger partial charge in [-0.3, -0.25) is 12.2 Å². The van der Waals surface area contributed by atoms with Gasteiger partial charge in [-0.15, -0.1) is 13.3 Å². The van der Waals surface area contributed by atoms with Gasteiger partial charge in [-0.25, -0.2) is 22.8 Å². The molecule has 16 heavy (non-hydrogen) atoms. The molecule has 0 aromatic heterocycles. The van der Waals surface area contributed by atoms with E-state index in [4.69, 9.17) is 0 Å². The molecule has 0 saturated heterocycles. The van der Waals surface area contributed by atoms with Gasteiger partial charge >= 0.3 is 28.4 Å². The third-order valence-electron chi connectivity index (χ3n) is 2.46. The van der Waals surface area contributed by atoms with Gasteiger partial charge in [0.25, 0.3) is 0 Å². The van der Waals surface area contributed by atoms with Crippen LogP contribution in [-0.4, -0.2) is 4.21 Å². The summed E-state index contributed by atoms with van der Waals surface area (Å²) in [5.41, 5.74) is 3.98. The summed E-state index contributed by atoms with van der Waals surface area (Å²) in [6, 6.07) is 0. The zero-order chi connectivity index (χ0) is 12.6. The van der Waals surface area contributed by atoms with Gasteiger partial charge in [0.05, 0.1) is 0 Å². The van der Waals surface area contributed by atoms with Crippen molar-refractivity contribution in [1.82, 2.24) is 0 Å². The summed E-state index contributed by atoms with van der Waals surface area (Å²) < 4.78 is 3.34. The number of allylic oxidation sites excluding steroid dienone is 8. The number of hydrogen-bond donors (Lipinski definition) is 0. The second-order valence-corrected chi connectivity index (χ2v) is 3.87. The number of rotatable bonds is 0. The van der Waals surface area contributed by atoms with Gasteiger partial charge in [0.1, 0.15) is 0 Å². The first-order valence-electron chi connectivity index (χ1n) is 5.48. The fourth-order valence-electron chi connectivity index (χ4n) is 1.39. The van der Waals surface area contributed by atoms with E-state index < -0.39 is 0 Å². The molecule has 0 aromatic rings. The Kier molecular flexibility index (Phi) is 8.66. The molecule has 0 N–H and O–H groups in total. The van der Waals surface area contributed by atoms with Crippen LogP contribution >= 0.6 is 0 Å². The van der Waals surface area contributed by atoms with E-state index in [1.54, 1.807) is 0 Å². The summed E-state index contributed by atoms with van der Waals surface area (Å²) in [4.78, 5) is 0. The van der Waals surface area contributed by atoms with Crippen LogP contribution in [-0.2, 0) is 24.2 Å². The van der Waals surface area contributed by atoms with E-state index >= 15 is 0 Å². The van der Waals surface area contributed by atoms with E-state index in [0.29, 0.717) is 5.92 Å². The average Bonchev–Trinajstić information content (AvgIpc) is 2.81. The van der Waals surface area contributed by atoms with E-state index in [1.807, 2.05) is 0 Å². The Balaban J connectivity index is 0.000000244. The molecular weight excluding hydrogens is 271 g/mol. The Bertz CT molecular complexity index is 313. The van der Waals surface area contributed by atoms with Crippen molar-refractivity contribution in [2.75, 3.05) is 0 Å². The Hall–Kier alpha value is -0.287. The first-order chi connectivity index (χ1) is 7.59. The van der Waals surface area contributed by atoms with E-state index in [-0.39, 0.29) is 0 Å². The fraction of sp³-hybridized carbons (Fsp3) is 0.400. The Morgan fingerprint density at radius 3 is 2.06 bits per heavy atom. The van der Waals surface area contributed by atoms with Crippen LogP contribution in [0.25, 0.3) is 0 Å². The van der Waals surface area contributed by atoms with Gasteiger partial charge in [0.15, 0.2) is 0 Å². The molecule has 2 aliphatic carbocycles. The molecule has 1 unspecified atom stereocenters. The van der Waals surface area contributed by atoms with E-state index in [1.165, 1.54) is 41.0 Å². The van der Waals surface area contributed by atoms with Crippen molar-refractivity contribution in [2.45, 2.75) is 34.1 Å². The van der Waals surface area contributed by atoms with Crippen molar-refractivity contribution >= 4 is 4.21 Å². The van der Waals surface area contributed by atoms with Crippen molar-refractivity contribution in [3.05, 3.63) is 47.1 Å². The third kappa shape index (κ3) is 6.33.